The number of halogens is 2. The van der Waals surface area contributed by atoms with Gasteiger partial charge in [-0.1, -0.05) is 23.7 Å². The minimum atomic E-state index is -0.529. The highest BCUT2D eigenvalue weighted by molar-refractivity contribution is 7.80. The van der Waals surface area contributed by atoms with Crippen LogP contribution in [-0.2, 0) is 17.6 Å². The fraction of sp³-hybridized carbons (Fsp3) is 0.263. The van der Waals surface area contributed by atoms with Crippen molar-refractivity contribution in [3.8, 4) is 11.5 Å². The average Bonchev–Trinajstić information content (AvgIpc) is 2.69. The number of carbonyl (C=O) groups is 1. The van der Waals surface area contributed by atoms with Crippen LogP contribution in [0.25, 0.3) is 0 Å². The van der Waals surface area contributed by atoms with Gasteiger partial charge in [-0.25, -0.2) is 4.39 Å². The van der Waals surface area contributed by atoms with Crippen molar-refractivity contribution in [2.45, 2.75) is 12.8 Å². The quantitative estimate of drug-likeness (QED) is 0.468. The highest BCUT2D eigenvalue weighted by Crippen LogP contribution is 2.27. The maximum absolute atomic E-state index is 13.7. The van der Waals surface area contributed by atoms with Gasteiger partial charge >= 0.3 is 0 Å². The molecule has 0 fully saturated rings. The SMILES string of the molecule is COc1ccc(CCNC(=S)NNC(=O)Cc2c(F)cccc2Cl)cc1OC. The normalized spacial score (nSPS) is 10.1. The standard InChI is InChI=1S/C19H21ClFN3O3S/c1-26-16-7-6-12(10-17(16)27-2)8-9-22-19(28)24-23-18(25)11-13-14(20)4-3-5-15(13)21/h3-7,10H,8-9,11H2,1-2H3,(H,23,25)(H2,22,24,28). The van der Waals surface area contributed by atoms with Crippen molar-refractivity contribution in [1.29, 1.82) is 0 Å². The summed E-state index contributed by atoms with van der Waals surface area (Å²) in [5.74, 6) is 0.322. The fourth-order valence-corrected chi connectivity index (χ4v) is 2.82. The van der Waals surface area contributed by atoms with Gasteiger partial charge in [-0.2, -0.15) is 0 Å². The van der Waals surface area contributed by atoms with E-state index in [9.17, 15) is 9.18 Å². The molecule has 0 heterocycles. The second-order valence-corrected chi connectivity index (χ2v) is 6.56. The molecule has 9 heteroatoms. The molecule has 2 rings (SSSR count). The van der Waals surface area contributed by atoms with Crippen LogP contribution in [0.3, 0.4) is 0 Å². The molecule has 0 bridgehead atoms. The number of ether oxygens (including phenoxy) is 2. The molecule has 2 aromatic rings. The molecule has 0 aliphatic carbocycles. The van der Waals surface area contributed by atoms with Gasteiger partial charge in [0.2, 0.25) is 5.91 Å². The Morgan fingerprint density at radius 2 is 1.89 bits per heavy atom. The first-order chi connectivity index (χ1) is 13.4. The number of hydrazine groups is 1. The van der Waals surface area contributed by atoms with Gasteiger partial charge in [0.15, 0.2) is 16.6 Å². The predicted molar refractivity (Wildman–Crippen MR) is 110 cm³/mol. The fourth-order valence-electron chi connectivity index (χ4n) is 2.43. The van der Waals surface area contributed by atoms with Crippen LogP contribution in [0.15, 0.2) is 36.4 Å². The third-order valence-electron chi connectivity index (χ3n) is 3.86. The summed E-state index contributed by atoms with van der Waals surface area (Å²) in [6.07, 6.45) is 0.480. The Balaban J connectivity index is 1.75. The highest BCUT2D eigenvalue weighted by Gasteiger charge is 2.12. The van der Waals surface area contributed by atoms with Crippen LogP contribution >= 0.6 is 23.8 Å². The van der Waals surface area contributed by atoms with Gasteiger partial charge in [0.05, 0.1) is 20.6 Å². The molecule has 2 aromatic carbocycles. The monoisotopic (exact) mass is 425 g/mol. The van der Waals surface area contributed by atoms with Crippen LogP contribution in [0, 0.1) is 5.82 Å². The number of benzene rings is 2. The van der Waals surface area contributed by atoms with Crippen molar-refractivity contribution in [2.24, 2.45) is 0 Å². The van der Waals surface area contributed by atoms with Crippen LogP contribution in [0.5, 0.6) is 11.5 Å². The Bertz CT molecular complexity index is 831. The first-order valence-electron chi connectivity index (χ1n) is 8.41. The van der Waals surface area contributed by atoms with Crippen molar-refractivity contribution < 1.29 is 18.7 Å². The first-order valence-corrected chi connectivity index (χ1v) is 9.19. The molecule has 1 amide bonds. The lowest BCUT2D eigenvalue weighted by molar-refractivity contribution is -0.121. The van der Waals surface area contributed by atoms with E-state index >= 15 is 0 Å². The van der Waals surface area contributed by atoms with Gasteiger partial charge in [-0.05, 0) is 48.5 Å². The summed E-state index contributed by atoms with van der Waals surface area (Å²) in [7, 11) is 3.16. The molecule has 0 aromatic heterocycles. The van der Waals surface area contributed by atoms with Crippen molar-refractivity contribution in [3.63, 3.8) is 0 Å². The third-order valence-corrected chi connectivity index (χ3v) is 4.46. The second kappa shape index (κ2) is 10.7. The summed E-state index contributed by atoms with van der Waals surface area (Å²) in [5, 5.41) is 3.42. The number of methoxy groups -OCH3 is 2. The molecule has 0 radical (unpaired) electrons. The number of thiocarbonyl (C=S) groups is 1. The minimum Gasteiger partial charge on any atom is -0.493 e. The molecular formula is C19H21ClFN3O3S. The molecular weight excluding hydrogens is 405 g/mol. The summed E-state index contributed by atoms with van der Waals surface area (Å²) in [6.45, 7) is 0.538. The summed E-state index contributed by atoms with van der Waals surface area (Å²) < 4.78 is 24.2. The molecule has 6 nitrogen and oxygen atoms in total. The van der Waals surface area contributed by atoms with E-state index in [2.05, 4.69) is 16.2 Å². The molecule has 0 saturated carbocycles. The van der Waals surface area contributed by atoms with Gasteiger partial charge in [0.1, 0.15) is 5.82 Å². The zero-order valence-electron chi connectivity index (χ0n) is 15.5. The smallest absolute Gasteiger partial charge is 0.242 e. The van der Waals surface area contributed by atoms with E-state index in [1.165, 1.54) is 18.2 Å². The summed E-state index contributed by atoms with van der Waals surface area (Å²) in [4.78, 5) is 11.9. The molecule has 0 atom stereocenters. The molecule has 0 saturated heterocycles. The topological polar surface area (TPSA) is 71.6 Å². The number of hydrogen-bond acceptors (Lipinski definition) is 4. The van der Waals surface area contributed by atoms with Crippen molar-refractivity contribution in [2.75, 3.05) is 20.8 Å². The number of amides is 1. The largest absolute Gasteiger partial charge is 0.493 e. The molecule has 150 valence electrons. The molecule has 0 spiro atoms. The van der Waals surface area contributed by atoms with Crippen LogP contribution < -0.4 is 25.6 Å². The van der Waals surface area contributed by atoms with E-state index in [0.29, 0.717) is 24.5 Å². The van der Waals surface area contributed by atoms with Crippen molar-refractivity contribution in [1.82, 2.24) is 16.2 Å². The molecule has 0 unspecified atom stereocenters. The van der Waals surface area contributed by atoms with Gasteiger partial charge in [0, 0.05) is 17.1 Å². The lowest BCUT2D eigenvalue weighted by atomic mass is 10.1. The van der Waals surface area contributed by atoms with Crippen LogP contribution in [0.1, 0.15) is 11.1 Å². The van der Waals surface area contributed by atoms with E-state index in [-0.39, 0.29) is 22.1 Å². The zero-order chi connectivity index (χ0) is 20.5. The van der Waals surface area contributed by atoms with Gasteiger partial charge < -0.3 is 14.8 Å². The van der Waals surface area contributed by atoms with E-state index in [0.717, 1.165) is 5.56 Å². The van der Waals surface area contributed by atoms with Crippen LogP contribution in [0.4, 0.5) is 4.39 Å². The van der Waals surface area contributed by atoms with Crippen LogP contribution in [-0.4, -0.2) is 31.8 Å². The summed E-state index contributed by atoms with van der Waals surface area (Å²) >= 11 is 11.0. The number of carbonyl (C=O) groups excluding carboxylic acids is 1. The molecule has 28 heavy (non-hydrogen) atoms. The van der Waals surface area contributed by atoms with E-state index < -0.39 is 11.7 Å². The maximum Gasteiger partial charge on any atom is 0.242 e. The Labute approximate surface area is 173 Å². The van der Waals surface area contributed by atoms with Crippen molar-refractivity contribution >= 4 is 34.8 Å². The third kappa shape index (κ3) is 6.24. The lowest BCUT2D eigenvalue weighted by Gasteiger charge is -2.13. The van der Waals surface area contributed by atoms with Crippen LogP contribution in [0.2, 0.25) is 5.02 Å². The maximum atomic E-state index is 13.7. The lowest BCUT2D eigenvalue weighted by Crippen LogP contribution is -2.47. The molecule has 0 aliphatic rings. The van der Waals surface area contributed by atoms with E-state index in [1.807, 2.05) is 18.2 Å². The van der Waals surface area contributed by atoms with Gasteiger partial charge in [-0.3, -0.25) is 15.6 Å². The first kappa shape index (κ1) is 21.7. The Kier molecular flexibility index (Phi) is 8.28. The van der Waals surface area contributed by atoms with E-state index in [1.54, 1.807) is 14.2 Å². The highest BCUT2D eigenvalue weighted by atomic mass is 35.5. The number of nitrogens with one attached hydrogen (secondary N) is 3. The van der Waals surface area contributed by atoms with Gasteiger partial charge in [0.25, 0.3) is 0 Å². The summed E-state index contributed by atoms with van der Waals surface area (Å²) in [6, 6.07) is 9.91. The molecule has 3 N–H and O–H groups in total. The summed E-state index contributed by atoms with van der Waals surface area (Å²) in [5.41, 5.74) is 6.16. The molecule has 0 aliphatic heterocycles. The van der Waals surface area contributed by atoms with Gasteiger partial charge in [-0.15, -0.1) is 0 Å². The minimum absolute atomic E-state index is 0.135. The zero-order valence-corrected chi connectivity index (χ0v) is 17.0. The number of rotatable bonds is 7. The Morgan fingerprint density at radius 3 is 2.57 bits per heavy atom. The van der Waals surface area contributed by atoms with Crippen molar-refractivity contribution in [3.05, 3.63) is 58.4 Å². The Morgan fingerprint density at radius 1 is 1.14 bits per heavy atom. The average molecular weight is 426 g/mol. The van der Waals surface area contributed by atoms with E-state index in [4.69, 9.17) is 33.3 Å². The number of hydrogen-bond donors (Lipinski definition) is 3. The second-order valence-electron chi connectivity index (χ2n) is 5.75. The Hall–Kier alpha value is -2.58. The predicted octanol–water partition coefficient (Wildman–Crippen LogP) is 2.78.